The van der Waals surface area contributed by atoms with Crippen molar-refractivity contribution < 1.29 is 14.6 Å². The summed E-state index contributed by atoms with van der Waals surface area (Å²) in [6.45, 7) is 0. The molecule has 1 aromatic heterocycles. The maximum atomic E-state index is 9.78. The first-order chi connectivity index (χ1) is 8.17. The van der Waals surface area contributed by atoms with Crippen LogP contribution in [-0.2, 0) is 0 Å². The summed E-state index contributed by atoms with van der Waals surface area (Å²) >= 11 is 6.46. The van der Waals surface area contributed by atoms with Gasteiger partial charge in [0.2, 0.25) is 5.88 Å². The lowest BCUT2D eigenvalue weighted by Crippen LogP contribution is -1.98. The van der Waals surface area contributed by atoms with E-state index in [0.29, 0.717) is 21.1 Å². The van der Waals surface area contributed by atoms with Crippen molar-refractivity contribution in [2.45, 2.75) is 0 Å². The van der Waals surface area contributed by atoms with E-state index < -0.39 is 0 Å². The van der Waals surface area contributed by atoms with E-state index in [2.05, 4.69) is 0 Å². The van der Waals surface area contributed by atoms with E-state index in [1.807, 2.05) is 0 Å². The first-order valence-corrected chi connectivity index (χ1v) is 6.08. The van der Waals surface area contributed by atoms with Gasteiger partial charge in [-0.3, -0.25) is 4.57 Å². The Hall–Kier alpha value is -1.53. The third kappa shape index (κ3) is 2.13. The van der Waals surface area contributed by atoms with E-state index in [4.69, 9.17) is 21.7 Å². The average molecular weight is 269 g/mol. The number of rotatable bonds is 3. The second kappa shape index (κ2) is 4.77. The van der Waals surface area contributed by atoms with Gasteiger partial charge in [0.25, 0.3) is 0 Å². The summed E-state index contributed by atoms with van der Waals surface area (Å²) in [5, 5.41) is 11.4. The van der Waals surface area contributed by atoms with Gasteiger partial charge in [-0.25, -0.2) is 0 Å². The second-order valence-electron chi connectivity index (χ2n) is 3.23. The van der Waals surface area contributed by atoms with Crippen LogP contribution in [0.25, 0.3) is 5.69 Å². The lowest BCUT2D eigenvalue weighted by Gasteiger charge is -2.11. The zero-order chi connectivity index (χ0) is 12.4. The quantitative estimate of drug-likeness (QED) is 0.870. The molecule has 90 valence electrons. The largest absolute Gasteiger partial charge is 0.497 e. The average Bonchev–Trinajstić information content (AvgIpc) is 2.68. The molecule has 0 spiro atoms. The van der Waals surface area contributed by atoms with Crippen LogP contribution >= 0.6 is 23.6 Å². The highest BCUT2D eigenvalue weighted by Crippen LogP contribution is 2.32. The molecular weight excluding hydrogens is 258 g/mol. The number of methoxy groups -OCH3 is 2. The van der Waals surface area contributed by atoms with Crippen LogP contribution in [0.15, 0.2) is 23.6 Å². The summed E-state index contributed by atoms with van der Waals surface area (Å²) < 4.78 is 12.5. The SMILES string of the molecule is COc1ccc(OC)c(-n2c(O)csc2=S)c1. The molecule has 0 radical (unpaired) electrons. The summed E-state index contributed by atoms with van der Waals surface area (Å²) in [6, 6.07) is 5.32. The fourth-order valence-corrected chi connectivity index (χ4v) is 2.44. The molecule has 1 N–H and O–H groups in total. The first-order valence-electron chi connectivity index (χ1n) is 4.79. The van der Waals surface area contributed by atoms with Gasteiger partial charge in [0.15, 0.2) is 3.95 Å². The Bertz CT molecular complexity index is 589. The van der Waals surface area contributed by atoms with E-state index in [9.17, 15) is 5.11 Å². The standard InChI is InChI=1S/C11H11NO3S2/c1-14-7-3-4-9(15-2)8(5-7)12-10(13)6-17-11(12)16/h3-6,13H,1-2H3. The van der Waals surface area contributed by atoms with Gasteiger partial charge in [0, 0.05) is 6.07 Å². The Morgan fingerprint density at radius 1 is 1.29 bits per heavy atom. The van der Waals surface area contributed by atoms with Crippen molar-refractivity contribution in [2.24, 2.45) is 0 Å². The van der Waals surface area contributed by atoms with Gasteiger partial charge in [-0.15, -0.1) is 11.3 Å². The molecule has 6 heteroatoms. The molecule has 2 rings (SSSR count). The molecule has 0 unspecified atom stereocenters. The predicted molar refractivity (Wildman–Crippen MR) is 69.2 cm³/mol. The fourth-order valence-electron chi connectivity index (χ4n) is 1.50. The van der Waals surface area contributed by atoms with Crippen LogP contribution in [0, 0.1) is 3.95 Å². The van der Waals surface area contributed by atoms with Crippen LogP contribution in [0.3, 0.4) is 0 Å². The highest BCUT2D eigenvalue weighted by molar-refractivity contribution is 7.73. The van der Waals surface area contributed by atoms with Crippen LogP contribution in [0.1, 0.15) is 0 Å². The summed E-state index contributed by atoms with van der Waals surface area (Å²) in [7, 11) is 3.15. The van der Waals surface area contributed by atoms with E-state index in [1.54, 1.807) is 42.4 Å². The Morgan fingerprint density at radius 3 is 2.59 bits per heavy atom. The molecule has 0 amide bonds. The van der Waals surface area contributed by atoms with Crippen molar-refractivity contribution in [1.82, 2.24) is 4.57 Å². The number of hydrogen-bond acceptors (Lipinski definition) is 5. The Morgan fingerprint density at radius 2 is 2.06 bits per heavy atom. The number of aromatic hydroxyl groups is 1. The molecule has 0 saturated heterocycles. The van der Waals surface area contributed by atoms with Crippen LogP contribution in [0.5, 0.6) is 17.4 Å². The molecule has 0 aliphatic rings. The van der Waals surface area contributed by atoms with Crippen LogP contribution in [0.2, 0.25) is 0 Å². The molecule has 0 aliphatic heterocycles. The first kappa shape index (κ1) is 11.9. The van der Waals surface area contributed by atoms with E-state index in [1.165, 1.54) is 11.3 Å². The summed E-state index contributed by atoms with van der Waals surface area (Å²) in [6.07, 6.45) is 0. The number of ether oxygens (including phenoxy) is 2. The van der Waals surface area contributed by atoms with E-state index in [-0.39, 0.29) is 5.88 Å². The molecule has 0 bridgehead atoms. The van der Waals surface area contributed by atoms with Gasteiger partial charge in [-0.2, -0.15) is 0 Å². The Labute approximate surface area is 108 Å². The number of nitrogens with zero attached hydrogens (tertiary/aromatic N) is 1. The summed E-state index contributed by atoms with van der Waals surface area (Å²) in [5.41, 5.74) is 0.663. The topological polar surface area (TPSA) is 43.6 Å². The van der Waals surface area contributed by atoms with Crippen LogP contribution in [0.4, 0.5) is 0 Å². The van der Waals surface area contributed by atoms with Gasteiger partial charge in [0.1, 0.15) is 11.5 Å². The molecule has 4 nitrogen and oxygen atoms in total. The minimum atomic E-state index is 0.0894. The van der Waals surface area contributed by atoms with Crippen molar-refractivity contribution in [1.29, 1.82) is 0 Å². The number of aromatic nitrogens is 1. The van der Waals surface area contributed by atoms with Gasteiger partial charge in [-0.1, -0.05) is 0 Å². The van der Waals surface area contributed by atoms with Crippen molar-refractivity contribution in [3.05, 3.63) is 27.5 Å². The van der Waals surface area contributed by atoms with E-state index >= 15 is 0 Å². The van der Waals surface area contributed by atoms with Crippen molar-refractivity contribution in [3.8, 4) is 23.1 Å². The van der Waals surface area contributed by atoms with Gasteiger partial charge < -0.3 is 14.6 Å². The minimum absolute atomic E-state index is 0.0894. The van der Waals surface area contributed by atoms with Crippen LogP contribution in [-0.4, -0.2) is 23.9 Å². The minimum Gasteiger partial charge on any atom is -0.497 e. The number of thiazole rings is 1. The predicted octanol–water partition coefficient (Wildman–Crippen LogP) is 2.99. The molecule has 0 atom stereocenters. The van der Waals surface area contributed by atoms with Gasteiger partial charge in [0.05, 0.1) is 25.3 Å². The van der Waals surface area contributed by atoms with Crippen LogP contribution < -0.4 is 9.47 Å². The van der Waals surface area contributed by atoms with Gasteiger partial charge in [-0.05, 0) is 24.4 Å². The Kier molecular flexibility index (Phi) is 3.35. The monoisotopic (exact) mass is 269 g/mol. The smallest absolute Gasteiger partial charge is 0.207 e. The highest BCUT2D eigenvalue weighted by Gasteiger charge is 2.12. The van der Waals surface area contributed by atoms with Crippen molar-refractivity contribution in [3.63, 3.8) is 0 Å². The second-order valence-corrected chi connectivity index (χ2v) is 4.74. The number of hydrogen-bond donors (Lipinski definition) is 1. The maximum Gasteiger partial charge on any atom is 0.207 e. The van der Waals surface area contributed by atoms with Crippen molar-refractivity contribution >= 4 is 23.6 Å². The highest BCUT2D eigenvalue weighted by atomic mass is 32.1. The molecule has 17 heavy (non-hydrogen) atoms. The zero-order valence-corrected chi connectivity index (χ0v) is 11.0. The van der Waals surface area contributed by atoms with E-state index in [0.717, 1.165) is 0 Å². The normalized spacial score (nSPS) is 10.2. The molecule has 1 aromatic carbocycles. The number of benzene rings is 1. The molecule has 0 aliphatic carbocycles. The lowest BCUT2D eigenvalue weighted by atomic mass is 10.2. The zero-order valence-electron chi connectivity index (χ0n) is 9.34. The molecule has 1 heterocycles. The molecule has 2 aromatic rings. The third-order valence-electron chi connectivity index (χ3n) is 2.30. The maximum absolute atomic E-state index is 9.78. The lowest BCUT2D eigenvalue weighted by molar-refractivity contribution is 0.396. The van der Waals surface area contributed by atoms with Crippen molar-refractivity contribution in [2.75, 3.05) is 14.2 Å². The third-order valence-corrected chi connectivity index (χ3v) is 3.49. The summed E-state index contributed by atoms with van der Waals surface area (Å²) in [5.74, 6) is 1.38. The van der Waals surface area contributed by atoms with Gasteiger partial charge >= 0.3 is 0 Å². The molecular formula is C11H11NO3S2. The molecule has 0 fully saturated rings. The summed E-state index contributed by atoms with van der Waals surface area (Å²) in [4.78, 5) is 0. The Balaban J connectivity index is 2.68. The fraction of sp³-hybridized carbons (Fsp3) is 0.182. The molecule has 0 saturated carbocycles.